The largest absolute Gasteiger partial charge is 0.528 e. The maximum absolute atomic E-state index is 12.5. The van der Waals surface area contributed by atoms with E-state index in [2.05, 4.69) is 4.28 Å². The van der Waals surface area contributed by atoms with Gasteiger partial charge < -0.3 is 9.90 Å². The Bertz CT molecular complexity index is 659. The zero-order valence-electron chi connectivity index (χ0n) is 11.2. The minimum atomic E-state index is -6.05. The van der Waals surface area contributed by atoms with Crippen LogP contribution in [0, 0.1) is 0 Å². The van der Waals surface area contributed by atoms with Gasteiger partial charge in [-0.1, -0.05) is 28.5 Å². The molecule has 0 aliphatic carbocycles. The van der Waals surface area contributed by atoms with Crippen LogP contribution < -0.4 is 5.11 Å². The summed E-state index contributed by atoms with van der Waals surface area (Å²) in [6, 6.07) is 6.79. The maximum Gasteiger partial charge on any atom is 0.528 e. The second kappa shape index (κ2) is 5.52. The number of quaternary nitrogens is 1. The van der Waals surface area contributed by atoms with Gasteiger partial charge in [-0.15, -0.1) is 4.65 Å². The number of carbonyl (C=O) groups is 1. The molecular weight excluding hydrogens is 327 g/mol. The number of halogens is 3. The van der Waals surface area contributed by atoms with Crippen LogP contribution in [0.3, 0.4) is 0 Å². The first-order chi connectivity index (χ1) is 10.1. The Hall–Kier alpha value is -1.65. The average molecular weight is 339 g/mol. The van der Waals surface area contributed by atoms with Crippen LogP contribution in [-0.4, -0.2) is 37.8 Å². The summed E-state index contributed by atoms with van der Waals surface area (Å²) >= 11 is 0. The second-order valence-electron chi connectivity index (χ2n) is 4.85. The molecule has 1 aromatic carbocycles. The molecule has 22 heavy (non-hydrogen) atoms. The van der Waals surface area contributed by atoms with Crippen LogP contribution in [-0.2, 0) is 27.2 Å². The van der Waals surface area contributed by atoms with Crippen LogP contribution in [0.2, 0.25) is 0 Å². The normalized spacial score (nSPS) is 18.3. The van der Waals surface area contributed by atoms with Crippen molar-refractivity contribution >= 4 is 16.2 Å². The third-order valence-corrected chi connectivity index (χ3v) is 4.51. The first-order valence-electron chi connectivity index (χ1n) is 6.25. The van der Waals surface area contributed by atoms with Crippen molar-refractivity contribution in [3.05, 3.63) is 35.4 Å². The quantitative estimate of drug-likeness (QED) is 0.586. The van der Waals surface area contributed by atoms with E-state index < -0.39 is 39.5 Å². The molecule has 10 heteroatoms. The molecule has 2 rings (SSSR count). The summed E-state index contributed by atoms with van der Waals surface area (Å²) in [6.07, 6.45) is -1.92. The van der Waals surface area contributed by atoms with Crippen molar-refractivity contribution in [2.24, 2.45) is 0 Å². The third kappa shape index (κ3) is 3.08. The molecule has 0 atom stereocenters. The van der Waals surface area contributed by atoms with Crippen LogP contribution in [0.25, 0.3) is 0 Å². The van der Waals surface area contributed by atoms with Gasteiger partial charge in [-0.25, -0.2) is 0 Å². The Balaban J connectivity index is 2.35. The van der Waals surface area contributed by atoms with Crippen LogP contribution in [0.5, 0.6) is 0 Å². The lowest BCUT2D eigenvalue weighted by molar-refractivity contribution is -1.03. The molecule has 0 N–H and O–H groups in total. The monoisotopic (exact) mass is 339 g/mol. The molecule has 6 nitrogen and oxygen atoms in total. The molecule has 1 heterocycles. The minimum Gasteiger partial charge on any atom is -0.496 e. The fourth-order valence-corrected chi connectivity index (χ4v) is 2.95. The van der Waals surface area contributed by atoms with Crippen molar-refractivity contribution in [3.63, 3.8) is 0 Å². The number of carboxylic acid groups (broad SMARTS) is 1. The highest BCUT2D eigenvalue weighted by Gasteiger charge is 2.54. The first-order valence-corrected chi connectivity index (χ1v) is 7.66. The van der Waals surface area contributed by atoms with Gasteiger partial charge in [-0.05, 0) is 11.1 Å². The average Bonchev–Trinajstić information content (AvgIpc) is 2.58. The number of benzene rings is 1. The molecule has 0 spiro atoms. The summed E-state index contributed by atoms with van der Waals surface area (Å²) in [5.74, 6) is 0. The number of hydrogen-bond donors (Lipinski definition) is 0. The number of hydrogen-bond acceptors (Lipinski definition) is 5. The smallest absolute Gasteiger partial charge is 0.496 e. The Morgan fingerprint density at radius 1 is 1.14 bits per heavy atom. The summed E-state index contributed by atoms with van der Waals surface area (Å²) in [4.78, 5) is 11.3. The van der Waals surface area contributed by atoms with Gasteiger partial charge in [0.05, 0.1) is 0 Å². The number of rotatable bonds is 2. The zero-order chi connectivity index (χ0) is 16.6. The van der Waals surface area contributed by atoms with Gasteiger partial charge in [0.1, 0.15) is 13.1 Å². The van der Waals surface area contributed by atoms with Crippen LogP contribution in [0.15, 0.2) is 24.3 Å². The van der Waals surface area contributed by atoms with E-state index in [4.69, 9.17) is 0 Å². The molecule has 1 aromatic rings. The van der Waals surface area contributed by atoms with Crippen molar-refractivity contribution < 1.29 is 40.4 Å². The number of alkyl halides is 3. The van der Waals surface area contributed by atoms with E-state index in [-0.39, 0.29) is 12.8 Å². The molecule has 0 aromatic heterocycles. The topological polar surface area (TPSA) is 83.5 Å². The SMILES string of the molecule is O=C([O-])[N+]1(OS(=O)(=O)C(F)(F)F)CCc2ccccc2CC1. The molecule has 0 fully saturated rings. The molecule has 122 valence electrons. The highest BCUT2D eigenvalue weighted by atomic mass is 32.2. The predicted molar refractivity (Wildman–Crippen MR) is 65.3 cm³/mol. The van der Waals surface area contributed by atoms with Crippen LogP contribution in [0.1, 0.15) is 11.1 Å². The molecule has 0 radical (unpaired) electrons. The number of carbonyl (C=O) groups excluding carboxylic acids is 1. The number of nitrogens with zero attached hydrogens (tertiary/aromatic N) is 1. The van der Waals surface area contributed by atoms with Gasteiger partial charge >= 0.3 is 15.6 Å². The fraction of sp³-hybridized carbons (Fsp3) is 0.417. The lowest BCUT2D eigenvalue weighted by Gasteiger charge is -2.32. The van der Waals surface area contributed by atoms with Gasteiger partial charge in [-0.3, -0.25) is 0 Å². The molecule has 1 aliphatic heterocycles. The highest BCUT2D eigenvalue weighted by Crippen LogP contribution is 2.30. The van der Waals surface area contributed by atoms with E-state index in [0.717, 1.165) is 11.1 Å². The molecule has 1 amide bonds. The molecule has 1 aliphatic rings. The Kier molecular flexibility index (Phi) is 4.20. The zero-order valence-corrected chi connectivity index (χ0v) is 12.0. The number of fused-ring (bicyclic) bond motifs is 1. The van der Waals surface area contributed by atoms with Gasteiger partial charge in [0.2, 0.25) is 0 Å². The van der Waals surface area contributed by atoms with Gasteiger partial charge in [-0.2, -0.15) is 21.6 Å². The van der Waals surface area contributed by atoms with E-state index in [1.807, 2.05) is 0 Å². The second-order valence-corrected chi connectivity index (χ2v) is 6.37. The summed E-state index contributed by atoms with van der Waals surface area (Å²) in [5.41, 5.74) is -4.24. The molecule has 0 bridgehead atoms. The standard InChI is InChI=1S/C12H12F3NO5S/c13-12(14,15)22(19,20)21-16(11(17)18)7-5-9-3-1-2-4-10(9)6-8-16/h1-4H,5-8H2. The Morgan fingerprint density at radius 3 is 1.95 bits per heavy atom. The van der Waals surface area contributed by atoms with E-state index in [9.17, 15) is 31.5 Å². The lowest BCUT2D eigenvalue weighted by atomic mass is 10.0. The van der Waals surface area contributed by atoms with E-state index in [1.165, 1.54) is 0 Å². The van der Waals surface area contributed by atoms with Crippen molar-refractivity contribution in [2.75, 3.05) is 13.1 Å². The molecular formula is C12H12F3NO5S. The van der Waals surface area contributed by atoms with Gasteiger partial charge in [0.25, 0.3) is 6.09 Å². The van der Waals surface area contributed by atoms with Crippen molar-refractivity contribution in [3.8, 4) is 0 Å². The third-order valence-electron chi connectivity index (χ3n) is 3.46. The first kappa shape index (κ1) is 16.7. The van der Waals surface area contributed by atoms with Crippen LogP contribution >= 0.6 is 0 Å². The van der Waals surface area contributed by atoms with Crippen molar-refractivity contribution in [1.82, 2.24) is 0 Å². The summed E-state index contributed by atoms with van der Waals surface area (Å²) in [6.45, 7) is -0.955. The van der Waals surface area contributed by atoms with Crippen molar-refractivity contribution in [2.45, 2.75) is 18.3 Å². The molecule has 0 saturated carbocycles. The summed E-state index contributed by atoms with van der Waals surface area (Å²) in [5, 5.41) is 11.3. The maximum atomic E-state index is 12.5. The number of amides is 1. The minimum absolute atomic E-state index is 0.0531. The van der Waals surface area contributed by atoms with E-state index in [0.29, 0.717) is 0 Å². The number of hydroxylamine groups is 3. The summed E-state index contributed by atoms with van der Waals surface area (Å²) in [7, 11) is -6.05. The van der Waals surface area contributed by atoms with Crippen molar-refractivity contribution in [1.29, 1.82) is 0 Å². The lowest BCUT2D eigenvalue weighted by Crippen LogP contribution is -2.61. The van der Waals surface area contributed by atoms with Gasteiger partial charge in [0, 0.05) is 12.8 Å². The van der Waals surface area contributed by atoms with E-state index >= 15 is 0 Å². The highest BCUT2D eigenvalue weighted by molar-refractivity contribution is 7.87. The predicted octanol–water partition coefficient (Wildman–Crippen LogP) is 0.727. The van der Waals surface area contributed by atoms with Crippen LogP contribution in [0.4, 0.5) is 18.0 Å². The Labute approximate surface area is 124 Å². The van der Waals surface area contributed by atoms with E-state index in [1.54, 1.807) is 24.3 Å². The Morgan fingerprint density at radius 2 is 1.59 bits per heavy atom. The molecule has 0 saturated heterocycles. The van der Waals surface area contributed by atoms with Gasteiger partial charge in [0.15, 0.2) is 0 Å². The molecule has 0 unspecified atom stereocenters. The fourth-order valence-electron chi connectivity index (χ4n) is 2.28. The summed E-state index contributed by atoms with van der Waals surface area (Å²) < 4.78 is 62.0.